The first-order valence-electron chi connectivity index (χ1n) is 11.4. The van der Waals surface area contributed by atoms with Crippen LogP contribution in [0.5, 0.6) is 0 Å². The van der Waals surface area contributed by atoms with Crippen molar-refractivity contribution < 1.29 is 9.59 Å². The van der Waals surface area contributed by atoms with E-state index in [4.69, 9.17) is 0 Å². The van der Waals surface area contributed by atoms with Crippen LogP contribution in [0.25, 0.3) is 0 Å². The second kappa shape index (κ2) is 11.2. The Morgan fingerprint density at radius 3 is 2.52 bits per heavy atom. The molecule has 2 amide bonds. The summed E-state index contributed by atoms with van der Waals surface area (Å²) in [6.07, 6.45) is 10.4. The summed E-state index contributed by atoms with van der Waals surface area (Å²) < 4.78 is 0. The van der Waals surface area contributed by atoms with Gasteiger partial charge in [0.15, 0.2) is 0 Å². The van der Waals surface area contributed by atoms with E-state index in [2.05, 4.69) is 22.1 Å². The van der Waals surface area contributed by atoms with Crippen LogP contribution in [0.2, 0.25) is 0 Å². The Labute approximate surface area is 175 Å². The SMILES string of the molecule is CCCCC1CCC(C(=O)NCCC(=O)N2CCN(c3ccccn3)CC2)CC1. The van der Waals surface area contributed by atoms with Crippen molar-refractivity contribution in [3.63, 3.8) is 0 Å². The number of carbonyl (C=O) groups is 2. The molecule has 6 heteroatoms. The average Bonchev–Trinajstić information content (AvgIpc) is 2.78. The van der Waals surface area contributed by atoms with Crippen LogP contribution in [-0.4, -0.2) is 54.4 Å². The van der Waals surface area contributed by atoms with Crippen molar-refractivity contribution in [1.29, 1.82) is 0 Å². The smallest absolute Gasteiger partial charge is 0.224 e. The van der Waals surface area contributed by atoms with E-state index in [9.17, 15) is 9.59 Å². The summed E-state index contributed by atoms with van der Waals surface area (Å²) >= 11 is 0. The predicted octanol–water partition coefficient (Wildman–Crippen LogP) is 3.23. The average molecular weight is 401 g/mol. The Morgan fingerprint density at radius 2 is 1.86 bits per heavy atom. The maximum atomic E-state index is 12.5. The van der Waals surface area contributed by atoms with Crippen molar-refractivity contribution in [2.45, 2.75) is 58.3 Å². The summed E-state index contributed by atoms with van der Waals surface area (Å²) in [4.78, 5) is 33.4. The number of hydrogen-bond donors (Lipinski definition) is 1. The molecule has 1 saturated heterocycles. The van der Waals surface area contributed by atoms with Crippen LogP contribution >= 0.6 is 0 Å². The molecule has 2 heterocycles. The largest absolute Gasteiger partial charge is 0.355 e. The van der Waals surface area contributed by atoms with E-state index >= 15 is 0 Å². The molecule has 160 valence electrons. The van der Waals surface area contributed by atoms with Gasteiger partial charge in [0.05, 0.1) is 0 Å². The lowest BCUT2D eigenvalue weighted by Crippen LogP contribution is -2.49. The number of aromatic nitrogens is 1. The fourth-order valence-electron chi connectivity index (χ4n) is 4.53. The molecular weight excluding hydrogens is 364 g/mol. The summed E-state index contributed by atoms with van der Waals surface area (Å²) in [5, 5.41) is 3.01. The van der Waals surface area contributed by atoms with Crippen LogP contribution in [-0.2, 0) is 9.59 Å². The molecule has 0 radical (unpaired) electrons. The van der Waals surface area contributed by atoms with E-state index in [1.165, 1.54) is 32.1 Å². The molecule has 0 spiro atoms. The van der Waals surface area contributed by atoms with Gasteiger partial charge in [-0.3, -0.25) is 9.59 Å². The Balaban J connectivity index is 1.31. The van der Waals surface area contributed by atoms with E-state index in [0.29, 0.717) is 26.1 Å². The van der Waals surface area contributed by atoms with Gasteiger partial charge in [0.25, 0.3) is 0 Å². The topological polar surface area (TPSA) is 65.5 Å². The number of nitrogens with one attached hydrogen (secondary N) is 1. The number of anilines is 1. The lowest BCUT2D eigenvalue weighted by atomic mass is 9.79. The molecule has 1 aliphatic heterocycles. The lowest BCUT2D eigenvalue weighted by Gasteiger charge is -2.35. The zero-order valence-corrected chi connectivity index (χ0v) is 17.8. The van der Waals surface area contributed by atoms with Gasteiger partial charge >= 0.3 is 0 Å². The maximum absolute atomic E-state index is 12.5. The number of rotatable bonds is 8. The van der Waals surface area contributed by atoms with Crippen molar-refractivity contribution in [2.75, 3.05) is 37.6 Å². The van der Waals surface area contributed by atoms with E-state index in [0.717, 1.165) is 37.7 Å². The Morgan fingerprint density at radius 1 is 1.10 bits per heavy atom. The van der Waals surface area contributed by atoms with Gasteiger partial charge in [0, 0.05) is 51.3 Å². The zero-order valence-electron chi connectivity index (χ0n) is 17.8. The van der Waals surface area contributed by atoms with Gasteiger partial charge in [0.2, 0.25) is 11.8 Å². The van der Waals surface area contributed by atoms with Crippen LogP contribution in [0.15, 0.2) is 24.4 Å². The molecule has 0 bridgehead atoms. The number of unbranched alkanes of at least 4 members (excludes halogenated alkanes) is 1. The van der Waals surface area contributed by atoms with Crippen molar-refractivity contribution in [3.05, 3.63) is 24.4 Å². The van der Waals surface area contributed by atoms with E-state index in [-0.39, 0.29) is 17.7 Å². The van der Waals surface area contributed by atoms with Gasteiger partial charge in [-0.1, -0.05) is 32.3 Å². The van der Waals surface area contributed by atoms with Crippen molar-refractivity contribution >= 4 is 17.6 Å². The maximum Gasteiger partial charge on any atom is 0.224 e. The van der Waals surface area contributed by atoms with E-state index in [1.807, 2.05) is 23.1 Å². The number of carbonyl (C=O) groups excluding carboxylic acids is 2. The summed E-state index contributed by atoms with van der Waals surface area (Å²) in [6.45, 7) is 5.72. The Hall–Kier alpha value is -2.11. The number of piperazine rings is 1. The molecule has 1 saturated carbocycles. The van der Waals surface area contributed by atoms with E-state index < -0.39 is 0 Å². The van der Waals surface area contributed by atoms with Gasteiger partial charge in [-0.2, -0.15) is 0 Å². The third-order valence-corrected chi connectivity index (χ3v) is 6.43. The minimum atomic E-state index is 0.134. The van der Waals surface area contributed by atoms with Crippen molar-refractivity contribution in [1.82, 2.24) is 15.2 Å². The molecule has 1 aliphatic carbocycles. The third-order valence-electron chi connectivity index (χ3n) is 6.43. The summed E-state index contributed by atoms with van der Waals surface area (Å²) in [5.74, 6) is 2.20. The standard InChI is InChI=1S/C23H36N4O2/c1-2-3-6-19-8-10-20(11-9-19)23(29)25-14-12-22(28)27-17-15-26(16-18-27)21-7-4-5-13-24-21/h4-5,7,13,19-20H,2-3,6,8-12,14-18H2,1H3,(H,25,29). The summed E-state index contributed by atoms with van der Waals surface area (Å²) in [5.41, 5.74) is 0. The Bertz CT molecular complexity index is 636. The first-order valence-corrected chi connectivity index (χ1v) is 11.4. The normalized spacial score (nSPS) is 22.4. The number of amides is 2. The minimum Gasteiger partial charge on any atom is -0.355 e. The van der Waals surface area contributed by atoms with Crippen LogP contribution < -0.4 is 10.2 Å². The summed E-state index contributed by atoms with van der Waals surface area (Å²) in [7, 11) is 0. The van der Waals surface area contributed by atoms with Gasteiger partial charge < -0.3 is 15.1 Å². The lowest BCUT2D eigenvalue weighted by molar-refractivity contribution is -0.131. The fraction of sp³-hybridized carbons (Fsp3) is 0.696. The molecule has 29 heavy (non-hydrogen) atoms. The summed E-state index contributed by atoms with van der Waals surface area (Å²) in [6, 6.07) is 5.90. The second-order valence-corrected chi connectivity index (χ2v) is 8.46. The fourth-order valence-corrected chi connectivity index (χ4v) is 4.53. The highest BCUT2D eigenvalue weighted by Crippen LogP contribution is 2.31. The van der Waals surface area contributed by atoms with Gasteiger partial charge in [0.1, 0.15) is 5.82 Å². The molecule has 2 aliphatic rings. The van der Waals surface area contributed by atoms with Gasteiger partial charge in [-0.15, -0.1) is 0 Å². The molecule has 6 nitrogen and oxygen atoms in total. The highest BCUT2D eigenvalue weighted by molar-refractivity contribution is 5.80. The molecule has 1 aromatic heterocycles. The third kappa shape index (κ3) is 6.44. The molecule has 2 fully saturated rings. The van der Waals surface area contributed by atoms with Crippen molar-refractivity contribution in [3.8, 4) is 0 Å². The highest BCUT2D eigenvalue weighted by atomic mass is 16.2. The van der Waals surface area contributed by atoms with Gasteiger partial charge in [-0.25, -0.2) is 4.98 Å². The molecule has 1 aromatic rings. The number of nitrogens with zero attached hydrogens (tertiary/aromatic N) is 3. The first-order chi connectivity index (χ1) is 14.2. The molecule has 0 aromatic carbocycles. The van der Waals surface area contributed by atoms with Gasteiger partial charge in [-0.05, 0) is 43.7 Å². The molecule has 0 atom stereocenters. The molecule has 0 unspecified atom stereocenters. The first kappa shape index (κ1) is 21.6. The van der Waals surface area contributed by atoms with Crippen LogP contribution in [0.1, 0.15) is 58.3 Å². The minimum absolute atomic E-state index is 0.134. The molecular formula is C23H36N4O2. The molecule has 1 N–H and O–H groups in total. The van der Waals surface area contributed by atoms with Crippen molar-refractivity contribution in [2.24, 2.45) is 11.8 Å². The zero-order chi connectivity index (χ0) is 20.5. The predicted molar refractivity (Wildman–Crippen MR) is 116 cm³/mol. The van der Waals surface area contributed by atoms with Crippen LogP contribution in [0.3, 0.4) is 0 Å². The number of hydrogen-bond acceptors (Lipinski definition) is 4. The molecule has 3 rings (SSSR count). The Kier molecular flexibility index (Phi) is 8.32. The van der Waals surface area contributed by atoms with E-state index in [1.54, 1.807) is 6.20 Å². The van der Waals surface area contributed by atoms with Crippen LogP contribution in [0, 0.1) is 11.8 Å². The number of pyridine rings is 1. The highest BCUT2D eigenvalue weighted by Gasteiger charge is 2.26. The monoisotopic (exact) mass is 400 g/mol. The van der Waals surface area contributed by atoms with Crippen LogP contribution in [0.4, 0.5) is 5.82 Å². The second-order valence-electron chi connectivity index (χ2n) is 8.46. The quantitative estimate of drug-likeness (QED) is 0.728.